The highest BCUT2D eigenvalue weighted by atomic mass is 16.5. The van der Waals surface area contributed by atoms with Gasteiger partial charge in [0.2, 0.25) is 0 Å². The van der Waals surface area contributed by atoms with Crippen molar-refractivity contribution in [1.29, 1.82) is 0 Å². The van der Waals surface area contributed by atoms with Crippen LogP contribution < -0.4 is 14.2 Å². The zero-order valence-electron chi connectivity index (χ0n) is 17.4. The molecule has 0 N–H and O–H groups in total. The Hall–Kier alpha value is -2.69. The smallest absolute Gasteiger partial charge is 0.261 e. The van der Waals surface area contributed by atoms with Crippen LogP contribution in [0.25, 0.3) is 0 Å². The Bertz CT molecular complexity index is 839. The number of aryl methyl sites for hydroxylation is 3. The number of carbonyl (C=O) groups excluding carboxylic acids is 1. The first kappa shape index (κ1) is 20.1. The van der Waals surface area contributed by atoms with Crippen LogP contribution in [0.2, 0.25) is 0 Å². The highest BCUT2D eigenvalue weighted by Crippen LogP contribution is 2.39. The standard InChI is InChI=1S/C23H29NO4/c1-15-11-16(2)23(17(3)12-15)28-14-22(25)24-10-6-7-20(24)19-13-18(26-4)8-9-21(19)27-5/h8-9,11-13,20H,6-7,10,14H2,1-5H3/t20-/m1/s1. The molecule has 1 saturated heterocycles. The topological polar surface area (TPSA) is 48.0 Å². The predicted molar refractivity (Wildman–Crippen MR) is 109 cm³/mol. The number of likely N-dealkylation sites (tertiary alicyclic amines) is 1. The molecule has 0 spiro atoms. The molecular weight excluding hydrogens is 354 g/mol. The molecule has 150 valence electrons. The van der Waals surface area contributed by atoms with Gasteiger partial charge in [-0.2, -0.15) is 0 Å². The van der Waals surface area contributed by atoms with E-state index in [0.717, 1.165) is 53.3 Å². The van der Waals surface area contributed by atoms with Crippen LogP contribution in [-0.2, 0) is 4.79 Å². The largest absolute Gasteiger partial charge is 0.497 e. The third kappa shape index (κ3) is 4.08. The summed E-state index contributed by atoms with van der Waals surface area (Å²) in [7, 11) is 3.29. The number of hydrogen-bond donors (Lipinski definition) is 0. The van der Waals surface area contributed by atoms with Crippen LogP contribution in [0.1, 0.15) is 41.1 Å². The van der Waals surface area contributed by atoms with Gasteiger partial charge in [0.25, 0.3) is 5.91 Å². The molecule has 0 aliphatic carbocycles. The zero-order valence-corrected chi connectivity index (χ0v) is 17.4. The molecule has 3 rings (SSSR count). The van der Waals surface area contributed by atoms with Crippen molar-refractivity contribution in [3.05, 3.63) is 52.6 Å². The van der Waals surface area contributed by atoms with Gasteiger partial charge < -0.3 is 19.1 Å². The number of benzene rings is 2. The van der Waals surface area contributed by atoms with Gasteiger partial charge in [0.1, 0.15) is 17.2 Å². The number of nitrogens with zero attached hydrogens (tertiary/aromatic N) is 1. The summed E-state index contributed by atoms with van der Waals surface area (Å²) >= 11 is 0. The molecule has 2 aromatic rings. The van der Waals surface area contributed by atoms with Crippen LogP contribution in [0.4, 0.5) is 0 Å². The van der Waals surface area contributed by atoms with Crippen molar-refractivity contribution in [1.82, 2.24) is 4.90 Å². The SMILES string of the molecule is COc1ccc(OC)c([C@H]2CCCN2C(=O)COc2c(C)cc(C)cc2C)c1. The fourth-order valence-corrected chi connectivity index (χ4v) is 4.10. The third-order valence-corrected chi connectivity index (χ3v) is 5.31. The maximum atomic E-state index is 13.0. The van der Waals surface area contributed by atoms with E-state index in [0.29, 0.717) is 0 Å². The second-order valence-electron chi connectivity index (χ2n) is 7.37. The van der Waals surface area contributed by atoms with Gasteiger partial charge >= 0.3 is 0 Å². The predicted octanol–water partition coefficient (Wildman–Crippen LogP) is 4.37. The van der Waals surface area contributed by atoms with Crippen molar-refractivity contribution in [2.45, 2.75) is 39.7 Å². The summed E-state index contributed by atoms with van der Waals surface area (Å²) in [5, 5.41) is 0. The van der Waals surface area contributed by atoms with Crippen LogP contribution in [-0.4, -0.2) is 38.2 Å². The van der Waals surface area contributed by atoms with E-state index in [9.17, 15) is 4.79 Å². The van der Waals surface area contributed by atoms with E-state index in [1.807, 2.05) is 36.9 Å². The van der Waals surface area contributed by atoms with Crippen molar-refractivity contribution in [2.75, 3.05) is 27.4 Å². The van der Waals surface area contributed by atoms with Crippen LogP contribution in [0.15, 0.2) is 30.3 Å². The van der Waals surface area contributed by atoms with Gasteiger partial charge in [-0.3, -0.25) is 4.79 Å². The highest BCUT2D eigenvalue weighted by Gasteiger charge is 2.32. The number of amides is 1. The van der Waals surface area contributed by atoms with E-state index >= 15 is 0 Å². The second-order valence-corrected chi connectivity index (χ2v) is 7.37. The number of methoxy groups -OCH3 is 2. The summed E-state index contributed by atoms with van der Waals surface area (Å²) in [5.74, 6) is 2.33. The Labute approximate surface area is 167 Å². The van der Waals surface area contributed by atoms with Crippen LogP contribution in [0, 0.1) is 20.8 Å². The minimum absolute atomic E-state index is 0.00764. The second kappa shape index (κ2) is 8.55. The molecule has 5 heteroatoms. The van der Waals surface area contributed by atoms with Crippen LogP contribution in [0.3, 0.4) is 0 Å². The van der Waals surface area contributed by atoms with E-state index in [-0.39, 0.29) is 18.6 Å². The Kier molecular flexibility index (Phi) is 6.12. The molecule has 0 bridgehead atoms. The van der Waals surface area contributed by atoms with E-state index < -0.39 is 0 Å². The molecule has 0 saturated carbocycles. The summed E-state index contributed by atoms with van der Waals surface area (Å²) in [5.41, 5.74) is 4.28. The average Bonchev–Trinajstić information content (AvgIpc) is 3.16. The molecule has 0 aromatic heterocycles. The molecular formula is C23H29NO4. The summed E-state index contributed by atoms with van der Waals surface area (Å²) in [6.07, 6.45) is 1.86. The van der Waals surface area contributed by atoms with E-state index in [1.54, 1.807) is 14.2 Å². The van der Waals surface area contributed by atoms with E-state index in [4.69, 9.17) is 14.2 Å². The van der Waals surface area contributed by atoms with Gasteiger partial charge in [-0.25, -0.2) is 0 Å². The van der Waals surface area contributed by atoms with Crippen molar-refractivity contribution >= 4 is 5.91 Å². The maximum absolute atomic E-state index is 13.0. The lowest BCUT2D eigenvalue weighted by Crippen LogP contribution is -2.34. The van der Waals surface area contributed by atoms with Gasteiger partial charge in [0.05, 0.1) is 20.3 Å². The molecule has 1 aliphatic heterocycles. The summed E-state index contributed by atoms with van der Waals surface area (Å²) in [6.45, 7) is 6.84. The Morgan fingerprint density at radius 3 is 2.43 bits per heavy atom. The minimum Gasteiger partial charge on any atom is -0.497 e. The van der Waals surface area contributed by atoms with Gasteiger partial charge in [-0.15, -0.1) is 0 Å². The molecule has 0 radical (unpaired) electrons. The maximum Gasteiger partial charge on any atom is 0.261 e. The lowest BCUT2D eigenvalue weighted by molar-refractivity contribution is -0.134. The molecule has 2 aromatic carbocycles. The van der Waals surface area contributed by atoms with Crippen LogP contribution in [0.5, 0.6) is 17.2 Å². The Morgan fingerprint density at radius 1 is 1.07 bits per heavy atom. The fourth-order valence-electron chi connectivity index (χ4n) is 4.10. The zero-order chi connectivity index (χ0) is 20.3. The fraction of sp³-hybridized carbons (Fsp3) is 0.435. The van der Waals surface area contributed by atoms with Gasteiger partial charge in [-0.05, 0) is 62.9 Å². The average molecular weight is 383 g/mol. The first-order valence-electron chi connectivity index (χ1n) is 9.66. The monoisotopic (exact) mass is 383 g/mol. The summed E-state index contributed by atoms with van der Waals surface area (Å²) in [4.78, 5) is 14.9. The molecule has 1 amide bonds. The van der Waals surface area contributed by atoms with Crippen molar-refractivity contribution in [3.63, 3.8) is 0 Å². The first-order chi connectivity index (χ1) is 13.4. The minimum atomic E-state index is -0.0265. The molecule has 5 nitrogen and oxygen atoms in total. The van der Waals surface area contributed by atoms with Gasteiger partial charge in [0.15, 0.2) is 6.61 Å². The molecule has 1 fully saturated rings. The normalized spacial score (nSPS) is 16.2. The Balaban J connectivity index is 1.77. The molecule has 28 heavy (non-hydrogen) atoms. The molecule has 0 unspecified atom stereocenters. The number of rotatable bonds is 6. The quantitative estimate of drug-likeness (QED) is 0.743. The van der Waals surface area contributed by atoms with E-state index in [1.165, 1.54) is 5.56 Å². The summed E-state index contributed by atoms with van der Waals surface area (Å²) in [6, 6.07) is 9.85. The summed E-state index contributed by atoms with van der Waals surface area (Å²) < 4.78 is 16.8. The number of carbonyl (C=O) groups is 1. The van der Waals surface area contributed by atoms with Crippen LogP contribution >= 0.6 is 0 Å². The third-order valence-electron chi connectivity index (χ3n) is 5.31. The molecule has 1 heterocycles. The van der Waals surface area contributed by atoms with Crippen molar-refractivity contribution in [3.8, 4) is 17.2 Å². The number of ether oxygens (including phenoxy) is 3. The van der Waals surface area contributed by atoms with Gasteiger partial charge in [-0.1, -0.05) is 17.7 Å². The lowest BCUT2D eigenvalue weighted by Gasteiger charge is -2.27. The van der Waals surface area contributed by atoms with Gasteiger partial charge in [0, 0.05) is 12.1 Å². The molecule has 1 aliphatic rings. The Morgan fingerprint density at radius 2 is 1.79 bits per heavy atom. The highest BCUT2D eigenvalue weighted by molar-refractivity contribution is 5.79. The lowest BCUT2D eigenvalue weighted by atomic mass is 10.0. The number of hydrogen-bond acceptors (Lipinski definition) is 4. The molecule has 1 atom stereocenters. The van der Waals surface area contributed by atoms with Crippen molar-refractivity contribution < 1.29 is 19.0 Å². The van der Waals surface area contributed by atoms with Crippen molar-refractivity contribution in [2.24, 2.45) is 0 Å². The van der Waals surface area contributed by atoms with E-state index in [2.05, 4.69) is 19.1 Å². The first-order valence-corrected chi connectivity index (χ1v) is 9.66.